The van der Waals surface area contributed by atoms with Crippen molar-refractivity contribution in [2.75, 3.05) is 0 Å². The fraction of sp³-hybridized carbons (Fsp3) is 0.316. The van der Waals surface area contributed by atoms with E-state index in [4.69, 9.17) is 0 Å². The summed E-state index contributed by atoms with van der Waals surface area (Å²) in [5.41, 5.74) is 5.59. The number of carbonyl (C=O) groups is 1. The molecule has 0 aromatic heterocycles. The van der Waals surface area contributed by atoms with E-state index in [-0.39, 0.29) is 5.78 Å². The normalized spacial score (nSPS) is 10.8. The smallest absolute Gasteiger partial charge is 0.167 e. The molecule has 0 aliphatic carbocycles. The average molecular weight is 266 g/mol. The Hall–Kier alpha value is -1.89. The molecule has 1 nitrogen and oxygen atoms in total. The minimum Gasteiger partial charge on any atom is -0.294 e. The highest BCUT2D eigenvalue weighted by Gasteiger charge is 2.09. The number of ketones is 1. The van der Waals surface area contributed by atoms with Crippen molar-refractivity contribution in [3.63, 3.8) is 0 Å². The highest BCUT2D eigenvalue weighted by Crippen LogP contribution is 2.17. The molecule has 0 N–H and O–H groups in total. The second-order valence-corrected chi connectivity index (χ2v) is 5.81. The van der Waals surface area contributed by atoms with Crippen LogP contribution in [-0.2, 0) is 6.42 Å². The van der Waals surface area contributed by atoms with Gasteiger partial charge in [0, 0.05) is 12.0 Å². The lowest BCUT2D eigenvalue weighted by molar-refractivity contribution is 0.0992. The Kier molecular flexibility index (Phi) is 4.39. The molecule has 2 aromatic carbocycles. The standard InChI is InChI=1S/C19H22O/c1-13(2)16-7-9-17(10-8-16)19(20)12-18-11-14(3)5-6-15(18)4/h5-11,13H,12H2,1-4H3. The van der Waals surface area contributed by atoms with Crippen LogP contribution in [0.3, 0.4) is 0 Å². The van der Waals surface area contributed by atoms with Crippen molar-refractivity contribution in [2.24, 2.45) is 0 Å². The van der Waals surface area contributed by atoms with Gasteiger partial charge < -0.3 is 0 Å². The predicted molar refractivity (Wildman–Crippen MR) is 84.5 cm³/mol. The van der Waals surface area contributed by atoms with Crippen molar-refractivity contribution in [2.45, 2.75) is 40.0 Å². The summed E-state index contributed by atoms with van der Waals surface area (Å²) in [6, 6.07) is 14.3. The van der Waals surface area contributed by atoms with Crippen molar-refractivity contribution in [1.29, 1.82) is 0 Å². The van der Waals surface area contributed by atoms with E-state index < -0.39 is 0 Å². The van der Waals surface area contributed by atoms with Crippen LogP contribution >= 0.6 is 0 Å². The molecule has 20 heavy (non-hydrogen) atoms. The fourth-order valence-corrected chi connectivity index (χ4v) is 2.32. The van der Waals surface area contributed by atoms with Gasteiger partial charge in [-0.05, 0) is 36.5 Å². The van der Waals surface area contributed by atoms with Gasteiger partial charge in [0.1, 0.15) is 0 Å². The zero-order valence-corrected chi connectivity index (χ0v) is 12.7. The van der Waals surface area contributed by atoms with Gasteiger partial charge in [0.15, 0.2) is 5.78 Å². The third kappa shape index (κ3) is 3.36. The molecular weight excluding hydrogens is 244 g/mol. The van der Waals surface area contributed by atoms with E-state index in [2.05, 4.69) is 58.0 Å². The Labute approximate surface area is 121 Å². The van der Waals surface area contributed by atoms with E-state index >= 15 is 0 Å². The molecule has 0 saturated carbocycles. The Bertz CT molecular complexity index is 606. The van der Waals surface area contributed by atoms with Gasteiger partial charge in [-0.2, -0.15) is 0 Å². The van der Waals surface area contributed by atoms with Crippen LogP contribution in [0.5, 0.6) is 0 Å². The summed E-state index contributed by atoms with van der Waals surface area (Å²) in [5.74, 6) is 0.687. The number of aryl methyl sites for hydroxylation is 2. The van der Waals surface area contributed by atoms with Gasteiger partial charge in [-0.1, -0.05) is 61.9 Å². The highest BCUT2D eigenvalue weighted by atomic mass is 16.1. The van der Waals surface area contributed by atoms with Crippen molar-refractivity contribution >= 4 is 5.78 Å². The first kappa shape index (κ1) is 14.5. The number of benzene rings is 2. The van der Waals surface area contributed by atoms with E-state index in [0.717, 1.165) is 11.1 Å². The first-order valence-electron chi connectivity index (χ1n) is 7.16. The minimum atomic E-state index is 0.189. The summed E-state index contributed by atoms with van der Waals surface area (Å²) < 4.78 is 0. The van der Waals surface area contributed by atoms with Crippen LogP contribution in [0.1, 0.15) is 52.4 Å². The quantitative estimate of drug-likeness (QED) is 0.723. The van der Waals surface area contributed by atoms with E-state index in [1.165, 1.54) is 16.7 Å². The fourth-order valence-electron chi connectivity index (χ4n) is 2.32. The summed E-state index contributed by atoms with van der Waals surface area (Å²) in [4.78, 5) is 12.4. The van der Waals surface area contributed by atoms with Crippen molar-refractivity contribution in [1.82, 2.24) is 0 Å². The Balaban J connectivity index is 2.17. The molecule has 0 aliphatic rings. The first-order chi connectivity index (χ1) is 9.47. The lowest BCUT2D eigenvalue weighted by atomic mass is 9.96. The second kappa shape index (κ2) is 6.04. The van der Waals surface area contributed by atoms with Gasteiger partial charge in [-0.25, -0.2) is 0 Å². The number of rotatable bonds is 4. The van der Waals surface area contributed by atoms with Gasteiger partial charge in [0.2, 0.25) is 0 Å². The zero-order valence-electron chi connectivity index (χ0n) is 12.7. The number of carbonyl (C=O) groups excluding carboxylic acids is 1. The number of hydrogen-bond donors (Lipinski definition) is 0. The van der Waals surface area contributed by atoms with E-state index in [0.29, 0.717) is 12.3 Å². The Morgan fingerprint density at radius 1 is 1.00 bits per heavy atom. The van der Waals surface area contributed by atoms with Gasteiger partial charge in [0.25, 0.3) is 0 Å². The van der Waals surface area contributed by atoms with E-state index in [1.807, 2.05) is 12.1 Å². The lowest BCUT2D eigenvalue weighted by Gasteiger charge is -2.08. The van der Waals surface area contributed by atoms with E-state index in [1.54, 1.807) is 0 Å². The van der Waals surface area contributed by atoms with E-state index in [9.17, 15) is 4.79 Å². The van der Waals surface area contributed by atoms with Gasteiger partial charge >= 0.3 is 0 Å². The molecule has 0 amide bonds. The molecule has 0 radical (unpaired) electrons. The maximum atomic E-state index is 12.4. The number of Topliss-reactive ketones (excluding diaryl/α,β-unsaturated/α-hetero) is 1. The molecule has 104 valence electrons. The average Bonchev–Trinajstić information content (AvgIpc) is 2.43. The highest BCUT2D eigenvalue weighted by molar-refractivity contribution is 5.97. The van der Waals surface area contributed by atoms with Gasteiger partial charge in [-0.3, -0.25) is 4.79 Å². The number of hydrogen-bond acceptors (Lipinski definition) is 1. The van der Waals surface area contributed by atoms with Crippen LogP contribution < -0.4 is 0 Å². The van der Waals surface area contributed by atoms with Crippen LogP contribution in [-0.4, -0.2) is 5.78 Å². The minimum absolute atomic E-state index is 0.189. The molecule has 2 aromatic rings. The SMILES string of the molecule is Cc1ccc(C)c(CC(=O)c2ccc(C(C)C)cc2)c1. The third-order valence-electron chi connectivity index (χ3n) is 3.75. The van der Waals surface area contributed by atoms with Crippen LogP contribution in [0.4, 0.5) is 0 Å². The molecule has 1 heteroatoms. The van der Waals surface area contributed by atoms with Gasteiger partial charge in [0.05, 0.1) is 0 Å². The summed E-state index contributed by atoms with van der Waals surface area (Å²) >= 11 is 0. The largest absolute Gasteiger partial charge is 0.294 e. The molecular formula is C19H22O. The summed E-state index contributed by atoms with van der Waals surface area (Å²) in [6.45, 7) is 8.44. The molecule has 2 rings (SSSR count). The maximum absolute atomic E-state index is 12.4. The lowest BCUT2D eigenvalue weighted by Crippen LogP contribution is -2.05. The van der Waals surface area contributed by atoms with Crippen molar-refractivity contribution < 1.29 is 4.79 Å². The van der Waals surface area contributed by atoms with Crippen LogP contribution in [0.25, 0.3) is 0 Å². The Morgan fingerprint density at radius 3 is 2.25 bits per heavy atom. The Morgan fingerprint density at radius 2 is 1.65 bits per heavy atom. The monoisotopic (exact) mass is 266 g/mol. The second-order valence-electron chi connectivity index (χ2n) is 5.81. The molecule has 0 atom stereocenters. The molecule has 0 unspecified atom stereocenters. The van der Waals surface area contributed by atoms with Crippen molar-refractivity contribution in [3.8, 4) is 0 Å². The first-order valence-corrected chi connectivity index (χ1v) is 7.16. The zero-order chi connectivity index (χ0) is 14.7. The van der Waals surface area contributed by atoms with Crippen LogP contribution in [0.2, 0.25) is 0 Å². The topological polar surface area (TPSA) is 17.1 Å². The molecule has 0 fully saturated rings. The van der Waals surface area contributed by atoms with Crippen LogP contribution in [0, 0.1) is 13.8 Å². The van der Waals surface area contributed by atoms with Crippen molar-refractivity contribution in [3.05, 3.63) is 70.3 Å². The molecule has 0 saturated heterocycles. The molecule has 0 bridgehead atoms. The molecule has 0 spiro atoms. The third-order valence-corrected chi connectivity index (χ3v) is 3.75. The molecule has 0 aliphatic heterocycles. The maximum Gasteiger partial charge on any atom is 0.167 e. The van der Waals surface area contributed by atoms with Crippen LogP contribution in [0.15, 0.2) is 42.5 Å². The molecule has 0 heterocycles. The summed E-state index contributed by atoms with van der Waals surface area (Å²) in [6.07, 6.45) is 0.481. The predicted octanol–water partition coefficient (Wildman–Crippen LogP) is 4.85. The van der Waals surface area contributed by atoms with Gasteiger partial charge in [-0.15, -0.1) is 0 Å². The summed E-state index contributed by atoms with van der Waals surface area (Å²) in [5, 5.41) is 0. The summed E-state index contributed by atoms with van der Waals surface area (Å²) in [7, 11) is 0.